The highest BCUT2D eigenvalue weighted by Gasteiger charge is 2.23. The molecule has 0 radical (unpaired) electrons. The third kappa shape index (κ3) is 5.70. The lowest BCUT2D eigenvalue weighted by molar-refractivity contribution is -0.121. The molecule has 0 atom stereocenters. The summed E-state index contributed by atoms with van der Waals surface area (Å²) in [6, 6.07) is 17.3. The van der Waals surface area contributed by atoms with Crippen LogP contribution in [0.4, 0.5) is 0 Å². The van der Waals surface area contributed by atoms with Gasteiger partial charge in [-0.1, -0.05) is 30.3 Å². The molecule has 0 unspecified atom stereocenters. The van der Waals surface area contributed by atoms with Crippen molar-refractivity contribution in [1.82, 2.24) is 24.8 Å². The van der Waals surface area contributed by atoms with Gasteiger partial charge in [0, 0.05) is 30.4 Å². The third-order valence-electron chi connectivity index (χ3n) is 6.48. The normalized spacial score (nSPS) is 13.2. The molecule has 8 nitrogen and oxygen atoms in total. The summed E-state index contributed by atoms with van der Waals surface area (Å²) in [5, 5.41) is 3.33. The Kier molecular flexibility index (Phi) is 7.01. The molecule has 0 spiro atoms. The fourth-order valence-corrected chi connectivity index (χ4v) is 4.39. The zero-order valence-corrected chi connectivity index (χ0v) is 21.4. The van der Waals surface area contributed by atoms with Crippen molar-refractivity contribution in [2.24, 2.45) is 5.92 Å². The van der Waals surface area contributed by atoms with Gasteiger partial charge in [-0.25, -0.2) is 9.97 Å². The lowest BCUT2D eigenvalue weighted by Gasteiger charge is -2.15. The molecule has 1 fully saturated rings. The molecular weight excluding hydrogens is 466 g/mol. The van der Waals surface area contributed by atoms with E-state index in [4.69, 9.17) is 9.72 Å². The highest BCUT2D eigenvalue weighted by Crippen LogP contribution is 2.28. The molecule has 2 aromatic heterocycles. The number of carbonyl (C=O) groups is 1. The number of amides is 1. The summed E-state index contributed by atoms with van der Waals surface area (Å²) >= 11 is 0. The highest BCUT2D eigenvalue weighted by atomic mass is 16.5. The van der Waals surface area contributed by atoms with E-state index in [0.29, 0.717) is 40.6 Å². The number of methoxy groups -OCH3 is 1. The van der Waals surface area contributed by atoms with Gasteiger partial charge >= 0.3 is 0 Å². The number of ether oxygens (including phenoxy) is 1. The molecule has 1 aliphatic rings. The third-order valence-corrected chi connectivity index (χ3v) is 6.48. The molecule has 8 heteroatoms. The van der Waals surface area contributed by atoms with Crippen molar-refractivity contribution in [3.63, 3.8) is 0 Å². The van der Waals surface area contributed by atoms with E-state index < -0.39 is 0 Å². The van der Waals surface area contributed by atoms with Crippen LogP contribution in [0.15, 0.2) is 65.6 Å². The predicted molar refractivity (Wildman–Crippen MR) is 144 cm³/mol. The predicted octanol–water partition coefficient (Wildman–Crippen LogP) is 3.72. The molecule has 37 heavy (non-hydrogen) atoms. The van der Waals surface area contributed by atoms with Gasteiger partial charge in [-0.3, -0.25) is 14.2 Å². The number of hydrogen-bond donors (Lipinski definition) is 1. The van der Waals surface area contributed by atoms with Gasteiger partial charge in [-0.15, -0.1) is 0 Å². The fourth-order valence-electron chi connectivity index (χ4n) is 4.39. The van der Waals surface area contributed by atoms with Crippen molar-refractivity contribution in [3.8, 4) is 28.3 Å². The molecule has 1 aliphatic carbocycles. The Labute approximate surface area is 215 Å². The van der Waals surface area contributed by atoms with Gasteiger partial charge in [0.1, 0.15) is 18.1 Å². The zero-order chi connectivity index (χ0) is 25.9. The standard InChI is InChI=1S/C29H31N5O3/c1-33(2)17-20-6-4-7-21(12-20)23-14-25-27(31-16-23)32-28(22-8-5-9-24(13-22)37-3)34(29(25)36)18-26(35)30-15-19-10-11-19/h4-9,12-14,16,19H,10-11,15,17-18H2,1-3H3,(H,30,35). The van der Waals surface area contributed by atoms with Gasteiger partial charge in [0.05, 0.1) is 12.5 Å². The molecule has 2 aromatic carbocycles. The minimum absolute atomic E-state index is 0.121. The van der Waals surface area contributed by atoms with Crippen LogP contribution in [0, 0.1) is 5.92 Å². The summed E-state index contributed by atoms with van der Waals surface area (Å²) in [5.74, 6) is 1.35. The van der Waals surface area contributed by atoms with Crippen LogP contribution in [-0.2, 0) is 17.9 Å². The van der Waals surface area contributed by atoms with Gasteiger partial charge in [0.15, 0.2) is 5.65 Å². The van der Waals surface area contributed by atoms with Crippen LogP contribution >= 0.6 is 0 Å². The second kappa shape index (κ2) is 10.5. The van der Waals surface area contributed by atoms with Crippen LogP contribution in [0.2, 0.25) is 0 Å². The number of pyridine rings is 1. The Bertz CT molecular complexity index is 1510. The number of nitrogens with zero attached hydrogens (tertiary/aromatic N) is 4. The van der Waals surface area contributed by atoms with E-state index in [-0.39, 0.29) is 18.0 Å². The van der Waals surface area contributed by atoms with Crippen LogP contribution in [-0.4, -0.2) is 53.1 Å². The minimum atomic E-state index is -0.303. The summed E-state index contributed by atoms with van der Waals surface area (Å²) in [7, 11) is 5.64. The number of hydrogen-bond acceptors (Lipinski definition) is 6. The topological polar surface area (TPSA) is 89.4 Å². The van der Waals surface area contributed by atoms with E-state index in [1.165, 1.54) is 10.1 Å². The number of nitrogens with one attached hydrogen (secondary N) is 1. The molecule has 0 bridgehead atoms. The molecule has 190 valence electrons. The Morgan fingerprint density at radius 1 is 1.08 bits per heavy atom. The molecule has 0 aliphatic heterocycles. The number of benzene rings is 2. The summed E-state index contributed by atoms with van der Waals surface area (Å²) in [6.07, 6.45) is 4.01. The maximum Gasteiger partial charge on any atom is 0.263 e. The van der Waals surface area contributed by atoms with Crippen molar-refractivity contribution in [2.75, 3.05) is 27.7 Å². The number of rotatable bonds is 9. The zero-order valence-electron chi connectivity index (χ0n) is 21.4. The smallest absolute Gasteiger partial charge is 0.263 e. The van der Waals surface area contributed by atoms with Crippen molar-refractivity contribution < 1.29 is 9.53 Å². The summed E-state index contributed by atoms with van der Waals surface area (Å²) in [6.45, 7) is 1.32. The van der Waals surface area contributed by atoms with Gasteiger partial charge < -0.3 is 15.0 Å². The van der Waals surface area contributed by atoms with E-state index in [1.54, 1.807) is 19.4 Å². The quantitative estimate of drug-likeness (QED) is 0.379. The Morgan fingerprint density at radius 3 is 2.62 bits per heavy atom. The monoisotopic (exact) mass is 497 g/mol. The fraction of sp³-hybridized carbons (Fsp3) is 0.310. The van der Waals surface area contributed by atoms with Crippen molar-refractivity contribution >= 4 is 16.9 Å². The molecule has 5 rings (SSSR count). The number of carbonyl (C=O) groups excluding carboxylic acids is 1. The lowest BCUT2D eigenvalue weighted by Crippen LogP contribution is -2.34. The summed E-state index contributed by atoms with van der Waals surface area (Å²) in [4.78, 5) is 38.0. The first kappa shape index (κ1) is 24.6. The van der Waals surface area contributed by atoms with Crippen LogP contribution in [0.3, 0.4) is 0 Å². The van der Waals surface area contributed by atoms with Crippen LogP contribution in [0.25, 0.3) is 33.5 Å². The average molecular weight is 498 g/mol. The van der Waals surface area contributed by atoms with Crippen LogP contribution in [0.1, 0.15) is 18.4 Å². The molecule has 1 saturated carbocycles. The molecule has 4 aromatic rings. The molecular formula is C29H31N5O3. The Morgan fingerprint density at radius 2 is 1.86 bits per heavy atom. The van der Waals surface area contributed by atoms with E-state index in [0.717, 1.165) is 30.5 Å². The maximum atomic E-state index is 13.8. The van der Waals surface area contributed by atoms with E-state index in [2.05, 4.69) is 27.3 Å². The van der Waals surface area contributed by atoms with Crippen molar-refractivity contribution in [1.29, 1.82) is 0 Å². The maximum absolute atomic E-state index is 13.8. The van der Waals surface area contributed by atoms with E-state index in [1.807, 2.05) is 50.5 Å². The lowest BCUT2D eigenvalue weighted by atomic mass is 10.0. The van der Waals surface area contributed by atoms with Crippen molar-refractivity contribution in [2.45, 2.75) is 25.9 Å². The average Bonchev–Trinajstić information content (AvgIpc) is 3.73. The first-order valence-corrected chi connectivity index (χ1v) is 12.5. The molecule has 0 saturated heterocycles. The van der Waals surface area contributed by atoms with Crippen molar-refractivity contribution in [3.05, 3.63) is 76.7 Å². The molecule has 2 heterocycles. The Balaban J connectivity index is 1.59. The largest absolute Gasteiger partial charge is 0.497 e. The minimum Gasteiger partial charge on any atom is -0.497 e. The van der Waals surface area contributed by atoms with Gasteiger partial charge in [0.2, 0.25) is 5.91 Å². The second-order valence-electron chi connectivity index (χ2n) is 9.84. The first-order chi connectivity index (χ1) is 17.9. The number of fused-ring (bicyclic) bond motifs is 1. The van der Waals surface area contributed by atoms with Crippen LogP contribution < -0.4 is 15.6 Å². The first-order valence-electron chi connectivity index (χ1n) is 12.5. The van der Waals surface area contributed by atoms with E-state index >= 15 is 0 Å². The summed E-state index contributed by atoms with van der Waals surface area (Å²) in [5.41, 5.74) is 3.67. The van der Waals surface area contributed by atoms with Gasteiger partial charge in [-0.05, 0) is 68.2 Å². The SMILES string of the molecule is COc1cccc(-c2nc3ncc(-c4cccc(CN(C)C)c4)cc3c(=O)n2CC(=O)NCC2CC2)c1. The van der Waals surface area contributed by atoms with Gasteiger partial charge in [0.25, 0.3) is 5.56 Å². The Hall–Kier alpha value is -4.04. The van der Waals surface area contributed by atoms with Gasteiger partial charge in [-0.2, -0.15) is 0 Å². The van der Waals surface area contributed by atoms with E-state index in [9.17, 15) is 9.59 Å². The molecule has 1 amide bonds. The molecule has 1 N–H and O–H groups in total. The number of aromatic nitrogens is 3. The summed E-state index contributed by atoms with van der Waals surface area (Å²) < 4.78 is 6.81. The highest BCUT2D eigenvalue weighted by molar-refractivity contribution is 5.83. The van der Waals surface area contributed by atoms with Crippen LogP contribution in [0.5, 0.6) is 5.75 Å². The second-order valence-corrected chi connectivity index (χ2v) is 9.84.